The van der Waals surface area contributed by atoms with E-state index < -0.39 is 54.5 Å². The zero-order valence-electron chi connectivity index (χ0n) is 18.3. The fraction of sp³-hybridized carbons (Fsp3) is 0.650. The lowest BCUT2D eigenvalue weighted by molar-refractivity contribution is -0.142. The summed E-state index contributed by atoms with van der Waals surface area (Å²) in [5, 5.41) is 29.5. The smallest absolute Gasteiger partial charge is 0.326 e. The highest BCUT2D eigenvalue weighted by Crippen LogP contribution is 2.08. The Hall–Kier alpha value is -2.99. The van der Waals surface area contributed by atoms with Gasteiger partial charge < -0.3 is 36.5 Å². The minimum Gasteiger partial charge on any atom is -0.480 e. The van der Waals surface area contributed by atoms with Crippen molar-refractivity contribution >= 4 is 23.7 Å². The molecule has 1 aliphatic rings. The Morgan fingerprint density at radius 2 is 1.81 bits per heavy atom. The Balaban J connectivity index is 2.08. The topological polar surface area (TPSA) is 186 Å². The number of nitrogens with one attached hydrogen (secondary N) is 5. The van der Waals surface area contributed by atoms with E-state index in [-0.39, 0.29) is 18.8 Å². The van der Waals surface area contributed by atoms with Gasteiger partial charge in [-0.3, -0.25) is 14.4 Å². The van der Waals surface area contributed by atoms with Crippen molar-refractivity contribution in [2.75, 3.05) is 13.2 Å². The van der Waals surface area contributed by atoms with Crippen LogP contribution in [0.1, 0.15) is 38.8 Å². The Morgan fingerprint density at radius 1 is 1.12 bits per heavy atom. The van der Waals surface area contributed by atoms with Gasteiger partial charge in [0, 0.05) is 18.3 Å². The fourth-order valence-corrected chi connectivity index (χ4v) is 3.44. The van der Waals surface area contributed by atoms with Gasteiger partial charge >= 0.3 is 5.97 Å². The number of carbonyl (C=O) groups is 4. The minimum atomic E-state index is -1.26. The van der Waals surface area contributed by atoms with Crippen LogP contribution in [0, 0.1) is 5.92 Å². The van der Waals surface area contributed by atoms with Gasteiger partial charge in [0.05, 0.1) is 19.0 Å². The molecule has 1 aromatic rings. The van der Waals surface area contributed by atoms with Crippen LogP contribution in [0.15, 0.2) is 12.5 Å². The fourth-order valence-electron chi connectivity index (χ4n) is 3.44. The normalized spacial score (nSPS) is 18.6. The largest absolute Gasteiger partial charge is 0.480 e. The lowest BCUT2D eigenvalue weighted by Crippen LogP contribution is -2.58. The van der Waals surface area contributed by atoms with Crippen molar-refractivity contribution in [1.82, 2.24) is 31.2 Å². The zero-order chi connectivity index (χ0) is 23.7. The number of H-pyrrole nitrogens is 1. The summed E-state index contributed by atoms with van der Waals surface area (Å²) >= 11 is 0. The summed E-state index contributed by atoms with van der Waals surface area (Å²) in [4.78, 5) is 56.1. The van der Waals surface area contributed by atoms with Gasteiger partial charge in [0.1, 0.15) is 18.1 Å². The molecule has 32 heavy (non-hydrogen) atoms. The number of imidazole rings is 1. The maximum atomic E-state index is 12.9. The maximum absolute atomic E-state index is 12.9. The third-order valence-corrected chi connectivity index (χ3v) is 5.13. The van der Waals surface area contributed by atoms with Gasteiger partial charge in [-0.1, -0.05) is 13.8 Å². The number of carbonyl (C=O) groups excluding carboxylic acids is 3. The van der Waals surface area contributed by atoms with Crippen molar-refractivity contribution in [1.29, 1.82) is 0 Å². The summed E-state index contributed by atoms with van der Waals surface area (Å²) in [6.45, 7) is 3.70. The van der Waals surface area contributed by atoms with Crippen molar-refractivity contribution in [3.63, 3.8) is 0 Å². The number of aliphatic hydroxyl groups excluding tert-OH is 1. The molecular weight excluding hydrogens is 420 g/mol. The summed E-state index contributed by atoms with van der Waals surface area (Å²) in [6, 6.07) is -3.96. The van der Waals surface area contributed by atoms with E-state index in [9.17, 15) is 29.4 Å². The third-order valence-electron chi connectivity index (χ3n) is 5.13. The van der Waals surface area contributed by atoms with E-state index in [1.807, 2.05) is 13.8 Å². The number of nitrogens with zero attached hydrogens (tertiary/aromatic N) is 1. The van der Waals surface area contributed by atoms with Crippen LogP contribution in [0.25, 0.3) is 0 Å². The van der Waals surface area contributed by atoms with E-state index in [2.05, 4.69) is 31.2 Å². The molecule has 0 bridgehead atoms. The van der Waals surface area contributed by atoms with Crippen molar-refractivity contribution in [2.45, 2.75) is 63.7 Å². The van der Waals surface area contributed by atoms with Crippen molar-refractivity contribution in [3.05, 3.63) is 18.2 Å². The summed E-state index contributed by atoms with van der Waals surface area (Å²) in [5.41, 5.74) is 0.543. The van der Waals surface area contributed by atoms with Crippen molar-refractivity contribution in [3.8, 4) is 0 Å². The van der Waals surface area contributed by atoms with Gasteiger partial charge in [0.2, 0.25) is 17.7 Å². The van der Waals surface area contributed by atoms with Crippen LogP contribution in [0.2, 0.25) is 0 Å². The van der Waals surface area contributed by atoms with Crippen LogP contribution < -0.4 is 21.3 Å². The minimum absolute atomic E-state index is 0.0157. The quantitative estimate of drug-likeness (QED) is 0.195. The predicted octanol–water partition coefficient (Wildman–Crippen LogP) is -1.72. The Morgan fingerprint density at radius 3 is 2.34 bits per heavy atom. The first-order chi connectivity index (χ1) is 15.2. The molecule has 1 aromatic heterocycles. The van der Waals surface area contributed by atoms with Gasteiger partial charge in [0.25, 0.3) is 0 Å². The first-order valence-corrected chi connectivity index (χ1v) is 10.7. The molecule has 2 rings (SSSR count). The van der Waals surface area contributed by atoms with Gasteiger partial charge in [-0.05, 0) is 31.7 Å². The number of carboxylic acid groups (broad SMARTS) is 1. The second kappa shape index (κ2) is 12.2. The maximum Gasteiger partial charge on any atom is 0.326 e. The van der Waals surface area contributed by atoms with Gasteiger partial charge in [-0.2, -0.15) is 0 Å². The zero-order valence-corrected chi connectivity index (χ0v) is 18.3. The van der Waals surface area contributed by atoms with Crippen LogP contribution in [0.3, 0.4) is 0 Å². The molecule has 0 spiro atoms. The van der Waals surface area contributed by atoms with Crippen molar-refractivity contribution < 1.29 is 29.4 Å². The molecule has 1 aliphatic heterocycles. The summed E-state index contributed by atoms with van der Waals surface area (Å²) in [7, 11) is 0. The number of hydrogen-bond donors (Lipinski definition) is 7. The van der Waals surface area contributed by atoms with Gasteiger partial charge in [-0.15, -0.1) is 0 Å². The van der Waals surface area contributed by atoms with E-state index in [4.69, 9.17) is 0 Å². The number of aliphatic hydroxyl groups is 1. The summed E-state index contributed by atoms with van der Waals surface area (Å²) in [6.07, 6.45) is 4.59. The molecule has 0 radical (unpaired) electrons. The van der Waals surface area contributed by atoms with E-state index in [0.29, 0.717) is 18.7 Å². The van der Waals surface area contributed by atoms with Gasteiger partial charge in [0.15, 0.2) is 0 Å². The molecule has 1 fully saturated rings. The van der Waals surface area contributed by atoms with E-state index in [0.717, 1.165) is 6.42 Å². The lowest BCUT2D eigenvalue weighted by Gasteiger charge is -2.24. The number of rotatable bonds is 12. The molecule has 2 heterocycles. The molecule has 178 valence electrons. The molecule has 4 atom stereocenters. The van der Waals surface area contributed by atoms with E-state index >= 15 is 0 Å². The monoisotopic (exact) mass is 452 g/mol. The number of aromatic nitrogens is 2. The Bertz CT molecular complexity index is 778. The summed E-state index contributed by atoms with van der Waals surface area (Å²) < 4.78 is 0. The molecule has 12 heteroatoms. The second-order valence-electron chi connectivity index (χ2n) is 8.26. The number of aliphatic carboxylic acids is 1. The number of carboxylic acids is 1. The Kier molecular flexibility index (Phi) is 9.60. The van der Waals surface area contributed by atoms with Crippen LogP contribution in [-0.2, 0) is 25.6 Å². The van der Waals surface area contributed by atoms with Crippen LogP contribution >= 0.6 is 0 Å². The van der Waals surface area contributed by atoms with E-state index in [1.54, 1.807) is 0 Å². The summed E-state index contributed by atoms with van der Waals surface area (Å²) in [5.74, 6) is -3.01. The van der Waals surface area contributed by atoms with Crippen LogP contribution in [-0.4, -0.2) is 81.2 Å². The lowest BCUT2D eigenvalue weighted by atomic mass is 10.0. The number of amides is 3. The molecule has 7 N–H and O–H groups in total. The molecule has 0 aromatic carbocycles. The number of aromatic amines is 1. The first kappa shape index (κ1) is 25.3. The molecule has 3 amide bonds. The highest BCUT2D eigenvalue weighted by Gasteiger charge is 2.31. The molecular formula is C20H32N6O6. The van der Waals surface area contributed by atoms with E-state index in [1.165, 1.54) is 12.5 Å². The highest BCUT2D eigenvalue weighted by atomic mass is 16.4. The average Bonchev–Trinajstić information content (AvgIpc) is 3.44. The predicted molar refractivity (Wildman–Crippen MR) is 113 cm³/mol. The van der Waals surface area contributed by atoms with Crippen LogP contribution in [0.4, 0.5) is 0 Å². The molecule has 12 nitrogen and oxygen atoms in total. The number of hydrogen-bond acceptors (Lipinski definition) is 7. The van der Waals surface area contributed by atoms with Crippen LogP contribution in [0.5, 0.6) is 0 Å². The first-order valence-electron chi connectivity index (χ1n) is 10.7. The molecule has 4 unspecified atom stereocenters. The SMILES string of the molecule is CC(C)CC(NC(=O)C(Cc1cnc[nH]1)NC(=O)C(CO)NC(=O)C1CCCN1)C(=O)O. The molecule has 0 saturated carbocycles. The standard InChI is InChI=1S/C20H32N6O6/c1-11(2)6-15(20(31)32)25-18(29)14(7-12-8-21-10-23-12)24-19(30)16(9-27)26-17(28)13-4-3-5-22-13/h8,10-11,13-16,22,27H,3-7,9H2,1-2H3,(H,21,23)(H,24,30)(H,25,29)(H,26,28)(H,31,32). The Labute approximate surface area is 185 Å². The van der Waals surface area contributed by atoms with Gasteiger partial charge in [-0.25, -0.2) is 9.78 Å². The molecule has 0 aliphatic carbocycles. The third kappa shape index (κ3) is 7.61. The second-order valence-corrected chi connectivity index (χ2v) is 8.26. The van der Waals surface area contributed by atoms with Crippen molar-refractivity contribution in [2.24, 2.45) is 5.92 Å². The average molecular weight is 453 g/mol. The molecule has 1 saturated heterocycles. The highest BCUT2D eigenvalue weighted by molar-refractivity contribution is 5.94.